The Morgan fingerprint density at radius 1 is 0.933 bits per heavy atom. The molecule has 0 aliphatic carbocycles. The van der Waals surface area contributed by atoms with E-state index in [0.717, 1.165) is 5.56 Å². The van der Waals surface area contributed by atoms with Crippen LogP contribution in [0, 0.1) is 5.92 Å². The minimum Gasteiger partial charge on any atom is -0.468 e. The standard InChI is InChI=1S/C33H47N5O7/c1-23(2)19-26-33(44)38-18-12-15-28(38)31(42)35-27(20-25-13-8-7-9-14-25)32(43)37(22-30(41)45-4)17-11-6-5-10-16-36(24(3)39)21-29(40)34-26/h5-9,13-14,23,26-28H,10-12,15-22H2,1-4H3,(H,34,40)(H,35,42)/b6-5+/t26-,27?,28-/m0/s1. The summed E-state index contributed by atoms with van der Waals surface area (Å²) in [6.45, 7) is 5.59. The molecule has 0 spiro atoms. The number of nitrogens with one attached hydrogen (secondary N) is 2. The topological polar surface area (TPSA) is 145 Å². The summed E-state index contributed by atoms with van der Waals surface area (Å²) in [5, 5.41) is 5.72. The van der Waals surface area contributed by atoms with Crippen molar-refractivity contribution >= 4 is 35.5 Å². The predicted molar refractivity (Wildman–Crippen MR) is 167 cm³/mol. The maximum atomic E-state index is 14.0. The van der Waals surface area contributed by atoms with Gasteiger partial charge < -0.3 is 30.1 Å². The number of methoxy groups -OCH3 is 1. The predicted octanol–water partition coefficient (Wildman–Crippen LogP) is 1.44. The van der Waals surface area contributed by atoms with E-state index in [2.05, 4.69) is 10.6 Å². The van der Waals surface area contributed by atoms with Crippen LogP contribution in [0.15, 0.2) is 42.5 Å². The number of esters is 1. The third-order valence-electron chi connectivity index (χ3n) is 8.01. The van der Waals surface area contributed by atoms with E-state index in [1.165, 1.54) is 28.7 Å². The van der Waals surface area contributed by atoms with Crippen LogP contribution < -0.4 is 10.6 Å². The van der Waals surface area contributed by atoms with Gasteiger partial charge in [0.1, 0.15) is 24.7 Å². The lowest BCUT2D eigenvalue weighted by Crippen LogP contribution is -2.58. The van der Waals surface area contributed by atoms with Gasteiger partial charge in [0, 0.05) is 33.0 Å². The minimum absolute atomic E-state index is 0.0680. The molecular formula is C33H47N5O7. The van der Waals surface area contributed by atoms with E-state index in [-0.39, 0.29) is 43.8 Å². The van der Waals surface area contributed by atoms with E-state index in [1.54, 1.807) is 0 Å². The number of ether oxygens (including phenoxy) is 1. The summed E-state index contributed by atoms with van der Waals surface area (Å²) < 4.78 is 4.85. The molecule has 1 aromatic carbocycles. The van der Waals surface area contributed by atoms with Gasteiger partial charge in [0.25, 0.3) is 0 Å². The van der Waals surface area contributed by atoms with Gasteiger partial charge in [-0.1, -0.05) is 56.3 Å². The first-order chi connectivity index (χ1) is 21.5. The van der Waals surface area contributed by atoms with Gasteiger partial charge in [-0.25, -0.2) is 0 Å². The van der Waals surface area contributed by atoms with Gasteiger partial charge in [-0.2, -0.15) is 0 Å². The number of fused-ring (bicyclic) bond motifs is 1. The molecule has 1 saturated heterocycles. The lowest BCUT2D eigenvalue weighted by Gasteiger charge is -2.32. The number of hydrogen-bond donors (Lipinski definition) is 2. The second-order valence-electron chi connectivity index (χ2n) is 12.0. The number of carbonyl (C=O) groups is 6. The highest BCUT2D eigenvalue weighted by Gasteiger charge is 2.39. The van der Waals surface area contributed by atoms with Crippen LogP contribution in [0.25, 0.3) is 0 Å². The van der Waals surface area contributed by atoms with Gasteiger partial charge in [0.15, 0.2) is 0 Å². The van der Waals surface area contributed by atoms with Gasteiger partial charge in [-0.15, -0.1) is 0 Å². The number of benzene rings is 1. The van der Waals surface area contributed by atoms with Gasteiger partial charge in [0.05, 0.1) is 13.7 Å². The summed E-state index contributed by atoms with van der Waals surface area (Å²) in [5.41, 5.74) is 0.821. The first kappa shape index (κ1) is 35.3. The van der Waals surface area contributed by atoms with Crippen molar-refractivity contribution in [1.29, 1.82) is 0 Å². The Kier molecular flexibility index (Phi) is 13.6. The maximum absolute atomic E-state index is 14.0. The van der Waals surface area contributed by atoms with E-state index >= 15 is 0 Å². The second kappa shape index (κ2) is 17.3. The number of carbonyl (C=O) groups excluding carboxylic acids is 6. The molecule has 1 unspecified atom stereocenters. The molecule has 0 bridgehead atoms. The summed E-state index contributed by atoms with van der Waals surface area (Å²) in [5.74, 6) is -2.52. The normalized spacial score (nSPS) is 23.4. The van der Waals surface area contributed by atoms with Crippen LogP contribution in [0.5, 0.6) is 0 Å². The van der Waals surface area contributed by atoms with E-state index in [1.807, 2.05) is 56.3 Å². The first-order valence-corrected chi connectivity index (χ1v) is 15.7. The number of nitrogens with zero attached hydrogens (tertiary/aromatic N) is 3. The fourth-order valence-electron chi connectivity index (χ4n) is 5.68. The molecule has 3 rings (SSSR count). The quantitative estimate of drug-likeness (QED) is 0.360. The summed E-state index contributed by atoms with van der Waals surface area (Å²) in [6.07, 6.45) is 6.12. The third kappa shape index (κ3) is 10.7. The zero-order chi connectivity index (χ0) is 32.9. The molecule has 2 N–H and O–H groups in total. The van der Waals surface area contributed by atoms with Gasteiger partial charge in [-0.3, -0.25) is 28.8 Å². The minimum atomic E-state index is -0.997. The van der Waals surface area contributed by atoms with Crippen LogP contribution in [0.1, 0.15) is 58.4 Å². The van der Waals surface area contributed by atoms with Gasteiger partial charge >= 0.3 is 5.97 Å². The molecule has 0 aromatic heterocycles. The Labute approximate surface area is 265 Å². The molecular weight excluding hydrogens is 578 g/mol. The Morgan fingerprint density at radius 3 is 2.27 bits per heavy atom. The molecule has 3 atom stereocenters. The van der Waals surface area contributed by atoms with Crippen molar-refractivity contribution in [3.63, 3.8) is 0 Å². The fourth-order valence-corrected chi connectivity index (χ4v) is 5.68. The Morgan fingerprint density at radius 2 is 1.62 bits per heavy atom. The van der Waals surface area contributed by atoms with Crippen molar-refractivity contribution in [3.8, 4) is 0 Å². The first-order valence-electron chi connectivity index (χ1n) is 15.7. The maximum Gasteiger partial charge on any atom is 0.325 e. The van der Waals surface area contributed by atoms with Crippen LogP contribution in [0.2, 0.25) is 0 Å². The van der Waals surface area contributed by atoms with Crippen LogP contribution >= 0.6 is 0 Å². The lowest BCUT2D eigenvalue weighted by molar-refractivity contribution is -0.148. The zero-order valence-electron chi connectivity index (χ0n) is 26.8. The molecule has 2 aliphatic rings. The van der Waals surface area contributed by atoms with E-state index in [0.29, 0.717) is 45.2 Å². The van der Waals surface area contributed by atoms with Gasteiger partial charge in [-0.05, 0) is 43.6 Å². The molecule has 0 radical (unpaired) electrons. The van der Waals surface area contributed by atoms with Crippen molar-refractivity contribution in [2.75, 3.05) is 39.8 Å². The molecule has 2 aliphatic heterocycles. The molecule has 5 amide bonds. The Balaban J connectivity index is 1.98. The largest absolute Gasteiger partial charge is 0.468 e. The monoisotopic (exact) mass is 625 g/mol. The molecule has 45 heavy (non-hydrogen) atoms. The van der Waals surface area contributed by atoms with Gasteiger partial charge in [0.2, 0.25) is 29.5 Å². The summed E-state index contributed by atoms with van der Waals surface area (Å²) in [4.78, 5) is 83.6. The molecule has 2 heterocycles. The molecule has 0 saturated carbocycles. The SMILES string of the molecule is COC(=O)CN1CC/C=C/CCN(C(C)=O)CC(=O)N[C@@H](CC(C)C)C(=O)N2CCC[C@H]2C(=O)NC(Cc2ccccc2)C1=O. The van der Waals surface area contributed by atoms with Crippen molar-refractivity contribution < 1.29 is 33.5 Å². The average Bonchev–Trinajstić information content (AvgIpc) is 3.50. The summed E-state index contributed by atoms with van der Waals surface area (Å²) in [7, 11) is 1.25. The summed E-state index contributed by atoms with van der Waals surface area (Å²) >= 11 is 0. The van der Waals surface area contributed by atoms with Crippen LogP contribution in [-0.4, -0.2) is 108 Å². The molecule has 246 valence electrons. The highest BCUT2D eigenvalue weighted by Crippen LogP contribution is 2.21. The lowest BCUT2D eigenvalue weighted by atomic mass is 10.0. The van der Waals surface area contributed by atoms with E-state index in [9.17, 15) is 28.8 Å². The van der Waals surface area contributed by atoms with Crippen molar-refractivity contribution in [1.82, 2.24) is 25.3 Å². The van der Waals surface area contributed by atoms with Crippen molar-refractivity contribution in [2.45, 2.75) is 77.4 Å². The number of hydrogen-bond acceptors (Lipinski definition) is 7. The third-order valence-corrected chi connectivity index (χ3v) is 8.01. The van der Waals surface area contributed by atoms with Crippen LogP contribution in [0.3, 0.4) is 0 Å². The smallest absolute Gasteiger partial charge is 0.325 e. The molecule has 12 nitrogen and oxygen atoms in total. The molecule has 1 fully saturated rings. The number of rotatable bonds is 6. The molecule has 12 heteroatoms. The average molecular weight is 626 g/mol. The fraction of sp³-hybridized carbons (Fsp3) is 0.576. The van der Waals surface area contributed by atoms with Crippen molar-refractivity contribution in [3.05, 3.63) is 48.0 Å². The van der Waals surface area contributed by atoms with E-state index in [4.69, 9.17) is 4.74 Å². The number of amides is 5. The highest BCUT2D eigenvalue weighted by molar-refractivity contribution is 5.95. The Bertz CT molecular complexity index is 1240. The van der Waals surface area contributed by atoms with Crippen LogP contribution in [-0.2, 0) is 39.9 Å². The zero-order valence-corrected chi connectivity index (χ0v) is 26.8. The Hall–Kier alpha value is -4.22. The highest BCUT2D eigenvalue weighted by atomic mass is 16.5. The second-order valence-corrected chi connectivity index (χ2v) is 12.0. The summed E-state index contributed by atoms with van der Waals surface area (Å²) in [6, 6.07) is 6.56. The van der Waals surface area contributed by atoms with E-state index < -0.39 is 41.8 Å². The van der Waals surface area contributed by atoms with Crippen molar-refractivity contribution in [2.24, 2.45) is 5.92 Å². The molecule has 1 aromatic rings. The van der Waals surface area contributed by atoms with Crippen LogP contribution in [0.4, 0.5) is 0 Å².